The maximum Gasteiger partial charge on any atom is 0.321 e. The van der Waals surface area contributed by atoms with Crippen LogP contribution in [0.15, 0.2) is 0 Å². The molecule has 20 heavy (non-hydrogen) atoms. The first-order chi connectivity index (χ1) is 9.51. The predicted octanol–water partition coefficient (Wildman–Crippen LogP) is -1.72. The van der Waals surface area contributed by atoms with E-state index >= 15 is 0 Å². The lowest BCUT2D eigenvalue weighted by Gasteiger charge is -2.39. The largest absolute Gasteiger partial charge is 0.480 e. The third-order valence-corrected chi connectivity index (χ3v) is 3.61. The highest BCUT2D eigenvalue weighted by atomic mass is 16.4. The third kappa shape index (κ3) is 4.41. The van der Waals surface area contributed by atoms with Crippen molar-refractivity contribution in [3.8, 4) is 0 Å². The minimum absolute atomic E-state index is 0.161. The number of hydrogen-bond acceptors (Lipinski definition) is 6. The number of aliphatic hydroxyl groups is 2. The Bertz CT molecular complexity index is 298. The van der Waals surface area contributed by atoms with E-state index in [0.717, 1.165) is 0 Å². The van der Waals surface area contributed by atoms with Crippen LogP contribution in [-0.4, -0.2) is 93.6 Å². The summed E-state index contributed by atoms with van der Waals surface area (Å²) in [6, 6.07) is -1.47. The van der Waals surface area contributed by atoms with Gasteiger partial charge in [-0.15, -0.1) is 0 Å². The maximum atomic E-state index is 11.1. The van der Waals surface area contributed by atoms with Crippen LogP contribution in [0.1, 0.15) is 12.8 Å². The first-order valence-electron chi connectivity index (χ1n) is 6.66. The number of carboxylic acid groups (broad SMARTS) is 2. The van der Waals surface area contributed by atoms with E-state index in [1.165, 1.54) is 0 Å². The quantitative estimate of drug-likeness (QED) is 0.416. The summed E-state index contributed by atoms with van der Waals surface area (Å²) in [6.45, 7) is 1.36. The zero-order valence-corrected chi connectivity index (χ0v) is 11.3. The molecule has 0 saturated carbocycles. The summed E-state index contributed by atoms with van der Waals surface area (Å²) in [5.41, 5.74) is 0. The molecule has 8 heteroatoms. The minimum Gasteiger partial charge on any atom is -0.480 e. The fourth-order valence-corrected chi connectivity index (χ4v) is 2.53. The van der Waals surface area contributed by atoms with Gasteiger partial charge >= 0.3 is 11.9 Å². The Morgan fingerprint density at radius 2 is 1.10 bits per heavy atom. The van der Waals surface area contributed by atoms with Gasteiger partial charge in [-0.25, -0.2) is 0 Å². The summed E-state index contributed by atoms with van der Waals surface area (Å²) in [5, 5.41) is 36.0. The lowest BCUT2D eigenvalue weighted by molar-refractivity contribution is -0.148. The highest BCUT2D eigenvalue weighted by Gasteiger charge is 2.32. The van der Waals surface area contributed by atoms with E-state index < -0.39 is 24.0 Å². The van der Waals surface area contributed by atoms with Crippen molar-refractivity contribution in [1.82, 2.24) is 9.80 Å². The van der Waals surface area contributed by atoms with Gasteiger partial charge in [-0.2, -0.15) is 0 Å². The van der Waals surface area contributed by atoms with E-state index in [1.807, 2.05) is 0 Å². The fourth-order valence-electron chi connectivity index (χ4n) is 2.53. The Morgan fingerprint density at radius 3 is 1.30 bits per heavy atom. The van der Waals surface area contributed by atoms with Crippen molar-refractivity contribution in [3.63, 3.8) is 0 Å². The molecule has 0 aromatic rings. The molecule has 0 aromatic heterocycles. The number of nitrogens with zero attached hydrogens (tertiary/aromatic N) is 2. The molecule has 0 radical (unpaired) electrons. The lowest BCUT2D eigenvalue weighted by Crippen LogP contribution is -2.56. The lowest BCUT2D eigenvalue weighted by atomic mass is 10.1. The summed E-state index contributed by atoms with van der Waals surface area (Å²) >= 11 is 0. The molecular formula is C12H22N2O6. The molecule has 4 N–H and O–H groups in total. The zero-order valence-electron chi connectivity index (χ0n) is 11.3. The van der Waals surface area contributed by atoms with Crippen molar-refractivity contribution in [1.29, 1.82) is 0 Å². The smallest absolute Gasteiger partial charge is 0.321 e. The van der Waals surface area contributed by atoms with E-state index in [0.29, 0.717) is 26.2 Å². The number of piperazine rings is 1. The van der Waals surface area contributed by atoms with Crippen molar-refractivity contribution in [2.45, 2.75) is 24.9 Å². The molecule has 8 nitrogen and oxygen atoms in total. The summed E-state index contributed by atoms with van der Waals surface area (Å²) in [4.78, 5) is 25.7. The molecule has 2 atom stereocenters. The van der Waals surface area contributed by atoms with E-state index in [2.05, 4.69) is 0 Å². The normalized spacial score (nSPS) is 20.5. The number of aliphatic hydroxyl groups excluding tert-OH is 2. The van der Waals surface area contributed by atoms with Crippen LogP contribution in [-0.2, 0) is 9.59 Å². The van der Waals surface area contributed by atoms with E-state index in [1.54, 1.807) is 9.80 Å². The van der Waals surface area contributed by atoms with Gasteiger partial charge in [-0.3, -0.25) is 19.4 Å². The van der Waals surface area contributed by atoms with Gasteiger partial charge in [0.25, 0.3) is 0 Å². The molecule has 0 spiro atoms. The van der Waals surface area contributed by atoms with E-state index in [4.69, 9.17) is 20.4 Å². The van der Waals surface area contributed by atoms with Crippen molar-refractivity contribution in [2.75, 3.05) is 39.4 Å². The van der Waals surface area contributed by atoms with Gasteiger partial charge in [0.05, 0.1) is 0 Å². The van der Waals surface area contributed by atoms with Gasteiger partial charge in [0.1, 0.15) is 12.1 Å². The number of rotatable bonds is 8. The van der Waals surface area contributed by atoms with Gasteiger partial charge in [0.2, 0.25) is 0 Å². The number of carbonyl (C=O) groups is 2. The Balaban J connectivity index is 2.57. The molecule has 1 saturated heterocycles. The molecule has 2 unspecified atom stereocenters. The Morgan fingerprint density at radius 1 is 0.800 bits per heavy atom. The Kier molecular flexibility index (Phi) is 6.86. The molecule has 0 aromatic carbocycles. The third-order valence-electron chi connectivity index (χ3n) is 3.61. The molecule has 1 heterocycles. The number of aliphatic carboxylic acids is 2. The first-order valence-corrected chi connectivity index (χ1v) is 6.66. The van der Waals surface area contributed by atoms with Gasteiger partial charge < -0.3 is 20.4 Å². The Hall–Kier alpha value is -1.22. The molecule has 1 fully saturated rings. The van der Waals surface area contributed by atoms with Gasteiger partial charge in [0.15, 0.2) is 0 Å². The number of hydrogen-bond donors (Lipinski definition) is 4. The highest BCUT2D eigenvalue weighted by Crippen LogP contribution is 2.13. The molecule has 1 aliphatic rings. The molecule has 1 rings (SSSR count). The van der Waals surface area contributed by atoms with Crippen molar-refractivity contribution < 1.29 is 30.0 Å². The molecule has 0 aliphatic carbocycles. The average molecular weight is 290 g/mol. The molecular weight excluding hydrogens is 268 g/mol. The average Bonchev–Trinajstić information content (AvgIpc) is 2.42. The summed E-state index contributed by atoms with van der Waals surface area (Å²) in [6.07, 6.45) is 0.322. The summed E-state index contributed by atoms with van der Waals surface area (Å²) in [5.74, 6) is -1.95. The van der Waals surface area contributed by atoms with Gasteiger partial charge in [-0.05, 0) is 12.8 Å². The fraction of sp³-hybridized carbons (Fsp3) is 0.833. The van der Waals surface area contributed by atoms with Crippen molar-refractivity contribution in [2.24, 2.45) is 0 Å². The molecule has 1 aliphatic heterocycles. The highest BCUT2D eigenvalue weighted by molar-refractivity contribution is 5.74. The molecule has 0 bridgehead atoms. The number of carboxylic acids is 2. The van der Waals surface area contributed by atoms with Crippen molar-refractivity contribution >= 4 is 11.9 Å². The SMILES string of the molecule is O=C(O)C(CCO)N1CCN(C(CCO)C(=O)O)CC1. The van der Waals surface area contributed by atoms with Crippen LogP contribution in [0.4, 0.5) is 0 Å². The second-order valence-electron chi connectivity index (χ2n) is 4.80. The van der Waals surface area contributed by atoms with Crippen LogP contribution in [0.5, 0.6) is 0 Å². The monoisotopic (exact) mass is 290 g/mol. The second kappa shape index (κ2) is 8.15. The molecule has 0 amide bonds. The maximum absolute atomic E-state index is 11.1. The zero-order chi connectivity index (χ0) is 15.1. The van der Waals surface area contributed by atoms with Crippen LogP contribution in [0.3, 0.4) is 0 Å². The van der Waals surface area contributed by atoms with Crippen LogP contribution in [0.25, 0.3) is 0 Å². The van der Waals surface area contributed by atoms with E-state index in [9.17, 15) is 9.59 Å². The molecule has 116 valence electrons. The minimum atomic E-state index is -0.974. The topological polar surface area (TPSA) is 122 Å². The standard InChI is InChI=1S/C12H22N2O6/c15-7-1-9(11(17)18)13-3-5-14(6-4-13)10(2-8-16)12(19)20/h9-10,15-16H,1-8H2,(H,17,18)(H,19,20). The van der Waals surface area contributed by atoms with Crippen LogP contribution in [0.2, 0.25) is 0 Å². The van der Waals surface area contributed by atoms with Gasteiger partial charge in [-0.1, -0.05) is 0 Å². The summed E-state index contributed by atoms with van der Waals surface area (Å²) in [7, 11) is 0. The van der Waals surface area contributed by atoms with Crippen LogP contribution in [0, 0.1) is 0 Å². The predicted molar refractivity (Wildman–Crippen MR) is 69.4 cm³/mol. The van der Waals surface area contributed by atoms with Crippen LogP contribution >= 0.6 is 0 Å². The first kappa shape index (κ1) is 16.8. The van der Waals surface area contributed by atoms with Crippen molar-refractivity contribution in [3.05, 3.63) is 0 Å². The second-order valence-corrected chi connectivity index (χ2v) is 4.80. The Labute approximate surface area is 117 Å². The summed E-state index contributed by atoms with van der Waals surface area (Å²) < 4.78 is 0. The van der Waals surface area contributed by atoms with E-state index in [-0.39, 0.29) is 26.1 Å². The van der Waals surface area contributed by atoms with Gasteiger partial charge in [0, 0.05) is 39.4 Å². The van der Waals surface area contributed by atoms with Crippen LogP contribution < -0.4 is 0 Å².